The van der Waals surface area contributed by atoms with Gasteiger partial charge in [-0.1, -0.05) is 0 Å². The quantitative estimate of drug-likeness (QED) is 0.205. The van der Waals surface area contributed by atoms with E-state index >= 15 is 0 Å². The molecule has 0 saturated carbocycles. The minimum atomic E-state index is -1.08. The van der Waals surface area contributed by atoms with E-state index in [0.717, 1.165) is 6.92 Å². The van der Waals surface area contributed by atoms with Gasteiger partial charge in [0.2, 0.25) is 0 Å². The molecule has 0 fully saturated rings. The predicted molar refractivity (Wildman–Crippen MR) is 33.2 cm³/mol. The second-order valence-corrected chi connectivity index (χ2v) is 1.83. The Balaban J connectivity index is -0.0000000233. The summed E-state index contributed by atoms with van der Waals surface area (Å²) in [5, 5.41) is 8.89. The van der Waals surface area contributed by atoms with Crippen molar-refractivity contribution in [2.24, 2.45) is 0 Å². The van der Waals surface area contributed by atoms with Crippen LogP contribution in [0.15, 0.2) is 0 Å². The molecule has 5 heteroatoms. The third kappa shape index (κ3) is 663. The molecule has 0 aromatic carbocycles. The van der Waals surface area contributed by atoms with Crippen molar-refractivity contribution < 1.29 is 44.9 Å². The maximum Gasteiger partial charge on any atom is 1.00 e. The number of hydrogen-bond donors (Lipinski definition) is 0. The summed E-state index contributed by atoms with van der Waals surface area (Å²) in [6.45, 7) is 0.972. The summed E-state index contributed by atoms with van der Waals surface area (Å²) in [7, 11) is 0. The van der Waals surface area contributed by atoms with Crippen molar-refractivity contribution in [3.05, 3.63) is 0 Å². The van der Waals surface area contributed by atoms with Gasteiger partial charge in [0.15, 0.2) is 0 Å². The zero-order valence-corrected chi connectivity index (χ0v) is 9.11. The molecule has 0 heterocycles. The summed E-state index contributed by atoms with van der Waals surface area (Å²) in [6.07, 6.45) is 4.19. The van der Waals surface area contributed by atoms with Crippen LogP contribution in [0, 0.1) is 0 Å². The first kappa shape index (κ1) is 22.6. The molecule has 0 amide bonds. The fourth-order valence-corrected chi connectivity index (χ4v) is 0. The zero-order valence-electron chi connectivity index (χ0n) is 6.21. The van der Waals surface area contributed by atoms with Crippen molar-refractivity contribution in [1.29, 1.82) is 0 Å². The summed E-state index contributed by atoms with van der Waals surface area (Å²) in [6, 6.07) is 0. The van der Waals surface area contributed by atoms with E-state index in [9.17, 15) is 0 Å². The number of thiol groups is 1. The van der Waals surface area contributed by atoms with Crippen LogP contribution in [0.4, 0.5) is 0 Å². The van der Waals surface area contributed by atoms with Gasteiger partial charge in [-0.25, -0.2) is 0 Å². The summed E-state index contributed by atoms with van der Waals surface area (Å²) in [5.74, 6) is -1.08. The molecule has 0 rings (SSSR count). The number of rotatable bonds is 0. The minimum Gasteiger partial charge on any atom is -0.870 e. The van der Waals surface area contributed by atoms with Gasteiger partial charge in [-0.3, -0.25) is 0 Å². The van der Waals surface area contributed by atoms with Gasteiger partial charge in [0, 0.05) is 5.97 Å². The van der Waals surface area contributed by atoms with Gasteiger partial charge in [0.1, 0.15) is 0 Å². The number of carbonyl (C=O) groups excluding carboxylic acids is 1. The van der Waals surface area contributed by atoms with Crippen LogP contribution in [-0.4, -0.2) is 24.0 Å². The Morgan fingerprint density at radius 2 is 1.44 bits per heavy atom. The van der Waals surface area contributed by atoms with E-state index < -0.39 is 5.97 Å². The van der Waals surface area contributed by atoms with Crippen molar-refractivity contribution in [2.75, 3.05) is 12.5 Å². The third-order valence-electron chi connectivity index (χ3n) is 0. The molecule has 0 aliphatic rings. The van der Waals surface area contributed by atoms with Crippen LogP contribution in [0.3, 0.4) is 0 Å². The smallest absolute Gasteiger partial charge is 0.870 e. The van der Waals surface area contributed by atoms with Crippen LogP contribution in [0.25, 0.3) is 0 Å². The average Bonchev–Trinajstić information content (AvgIpc) is 1.33. The SMILES string of the molecule is CC(=O)[O-].C[SH+]C.[Na+].[OH-]. The molecule has 3 nitrogen and oxygen atoms in total. The summed E-state index contributed by atoms with van der Waals surface area (Å²) >= 11 is 1.42. The Bertz CT molecular complexity index is 47.1. The maximum atomic E-state index is 8.89. The topological polar surface area (TPSA) is 70.1 Å². The average molecular weight is 162 g/mol. The molecule has 0 aromatic rings. The van der Waals surface area contributed by atoms with Crippen LogP contribution in [0.1, 0.15) is 6.92 Å². The summed E-state index contributed by atoms with van der Waals surface area (Å²) in [4.78, 5) is 8.89. The van der Waals surface area contributed by atoms with Crippen molar-refractivity contribution >= 4 is 17.7 Å². The normalized spacial score (nSPS) is 4.78. The molecule has 1 N–H and O–H groups in total. The number of carboxylic acids is 1. The Morgan fingerprint density at radius 1 is 1.44 bits per heavy atom. The fourth-order valence-electron chi connectivity index (χ4n) is 0. The van der Waals surface area contributed by atoms with Crippen LogP contribution in [0.5, 0.6) is 0 Å². The fraction of sp³-hybridized carbons (Fsp3) is 0.750. The second kappa shape index (κ2) is 23.3. The third-order valence-corrected chi connectivity index (χ3v) is 0. The predicted octanol–water partition coefficient (Wildman–Crippen LogP) is -4.36. The molecule has 9 heavy (non-hydrogen) atoms. The van der Waals surface area contributed by atoms with Gasteiger partial charge >= 0.3 is 29.6 Å². The van der Waals surface area contributed by atoms with Crippen LogP contribution in [-0.2, 0) is 16.6 Å². The van der Waals surface area contributed by atoms with Gasteiger partial charge < -0.3 is 15.4 Å². The van der Waals surface area contributed by atoms with E-state index in [4.69, 9.17) is 9.90 Å². The number of hydrogen-bond acceptors (Lipinski definition) is 3. The van der Waals surface area contributed by atoms with Crippen LogP contribution < -0.4 is 34.7 Å². The van der Waals surface area contributed by atoms with Crippen LogP contribution >= 0.6 is 0 Å². The van der Waals surface area contributed by atoms with Crippen LogP contribution in [0.2, 0.25) is 0 Å². The molecule has 0 aromatic heterocycles. The van der Waals surface area contributed by atoms with Crippen molar-refractivity contribution in [3.8, 4) is 0 Å². The molecular weight excluding hydrogens is 151 g/mol. The molecule has 0 aliphatic carbocycles. The van der Waals surface area contributed by atoms with E-state index in [2.05, 4.69) is 12.5 Å². The molecule has 0 unspecified atom stereocenters. The molecule has 52 valence electrons. The van der Waals surface area contributed by atoms with Crippen molar-refractivity contribution in [2.45, 2.75) is 6.92 Å². The maximum absolute atomic E-state index is 8.89. The number of aliphatic carboxylic acids is 1. The summed E-state index contributed by atoms with van der Waals surface area (Å²) < 4.78 is 0. The van der Waals surface area contributed by atoms with E-state index in [0.29, 0.717) is 0 Å². The second-order valence-electron chi connectivity index (χ2n) is 0.939. The molecular formula is C4H11NaO3S. The van der Waals surface area contributed by atoms with E-state index in [1.807, 2.05) is 0 Å². The standard InChI is InChI=1S/C2H4O2.C2H6S.Na.H2O/c1-2(3)4;1-3-2;;/h1H3,(H,3,4);1-2H3;;1H2/q;;+1;/p-1. The molecule has 0 radical (unpaired) electrons. The van der Waals surface area contributed by atoms with Gasteiger partial charge in [0.25, 0.3) is 0 Å². The van der Waals surface area contributed by atoms with Crippen molar-refractivity contribution in [1.82, 2.24) is 0 Å². The Kier molecular flexibility index (Phi) is 58.3. The van der Waals surface area contributed by atoms with E-state index in [1.54, 1.807) is 0 Å². The van der Waals surface area contributed by atoms with Gasteiger partial charge in [-0.15, -0.1) is 0 Å². The Morgan fingerprint density at radius 3 is 1.44 bits per heavy atom. The van der Waals surface area contributed by atoms with Gasteiger partial charge in [-0.05, 0) is 18.7 Å². The van der Waals surface area contributed by atoms with Gasteiger partial charge in [-0.2, -0.15) is 0 Å². The first-order chi connectivity index (χ1) is 3.15. The molecule has 0 bridgehead atoms. The largest absolute Gasteiger partial charge is 1.00 e. The molecule has 0 atom stereocenters. The minimum absolute atomic E-state index is 0. The monoisotopic (exact) mass is 162 g/mol. The molecule has 0 spiro atoms. The Labute approximate surface area is 81.8 Å². The summed E-state index contributed by atoms with van der Waals surface area (Å²) in [5.41, 5.74) is 0. The van der Waals surface area contributed by atoms with Gasteiger partial charge in [0.05, 0.1) is 12.5 Å². The Hall–Kier alpha value is 0.780. The number of carboxylic acid groups (broad SMARTS) is 1. The van der Waals surface area contributed by atoms with E-state index in [1.165, 1.54) is 11.8 Å². The van der Waals surface area contributed by atoms with Crippen molar-refractivity contribution in [3.63, 3.8) is 0 Å². The van der Waals surface area contributed by atoms with E-state index in [-0.39, 0.29) is 35.0 Å². The molecule has 0 saturated heterocycles. The molecule has 0 aliphatic heterocycles. The number of carbonyl (C=O) groups is 1. The first-order valence-corrected chi connectivity index (χ1v) is 3.59. The zero-order chi connectivity index (χ0) is 6.28. The first-order valence-electron chi connectivity index (χ1n) is 1.80.